The molecule has 0 aromatic carbocycles. The molecule has 24 aliphatic carbocycles. The van der Waals surface area contributed by atoms with Crippen molar-refractivity contribution in [1.82, 2.24) is 0 Å². The van der Waals surface area contributed by atoms with Crippen LogP contribution in [0.2, 0.25) is 0 Å². The Labute approximate surface area is 908 Å². The first-order valence-electron chi connectivity index (χ1n) is 54.4. The van der Waals surface area contributed by atoms with Crippen LogP contribution in [0.25, 0.3) is 0 Å². The smallest absolute Gasteiger partial charge is 0.313 e. The van der Waals surface area contributed by atoms with Crippen LogP contribution in [-0.2, 0) is 109 Å². The number of fused-ring (bicyclic) bond motifs is 4. The SMILES string of the molecule is C.C.C.C.C.C.C.C.C.C.C.C.C.C.CCC(C)(C)C(=O)OCOC12CC3CC(CC(C3)C1=O)C2.CCC(C)(C)C(=O)OCOC1CC2CCC1C2.CCC(C)(C)C(=O)OCOCC12CC3CC(CC(C3)C1)C2.CCC(C)C(=O)OCOC12CC3CC(CC(C3)C1=O)C2.CCC(C)C(=O)OCOC1C2CC3CC(C2)CC1C3.CCC(C)C(=O)OCOC1CC2CCC1C2.CCC(C)C(=O)OCOCC12CC3CC(CC(C3)C1)C2. The van der Waals surface area contributed by atoms with Gasteiger partial charge in [0.2, 0.25) is 0 Å². The number of hydrogen-bond acceptors (Lipinski definition) is 23. The van der Waals surface area contributed by atoms with E-state index in [1.807, 2.05) is 118 Å². The van der Waals surface area contributed by atoms with Crippen LogP contribution in [0, 0.1) is 169 Å². The first kappa shape index (κ1) is 145. The summed E-state index contributed by atoms with van der Waals surface area (Å²) < 4.78 is 77.0. The number of Topliss-reactive ketones (excluding diaryl/α,β-unsaturated/α-hetero) is 2. The third kappa shape index (κ3) is 37.0. The monoisotopic (exact) mass is 2110 g/mol. The molecule has 0 heterocycles. The van der Waals surface area contributed by atoms with E-state index in [9.17, 15) is 43.2 Å². The maximum atomic E-state index is 12.6. The van der Waals surface area contributed by atoms with Gasteiger partial charge in [-0.3, -0.25) is 43.2 Å². The summed E-state index contributed by atoms with van der Waals surface area (Å²) in [4.78, 5) is 107. The van der Waals surface area contributed by atoms with Gasteiger partial charge in [0.05, 0.1) is 71.4 Å². The van der Waals surface area contributed by atoms with Gasteiger partial charge in [0.1, 0.15) is 11.2 Å². The van der Waals surface area contributed by atoms with Gasteiger partial charge in [-0.15, -0.1) is 0 Å². The van der Waals surface area contributed by atoms with Crippen molar-refractivity contribution in [2.45, 2.75) is 521 Å². The molecule has 0 spiro atoms. The van der Waals surface area contributed by atoms with Gasteiger partial charge in [-0.05, 0) is 429 Å². The fourth-order valence-corrected chi connectivity index (χ4v) is 29.5. The molecule has 24 saturated carbocycles. The van der Waals surface area contributed by atoms with Crippen LogP contribution in [0.1, 0.15) is 491 Å². The molecule has 14 unspecified atom stereocenters. The molecule has 23 nitrogen and oxygen atoms in total. The number of esters is 7. The molecule has 24 aliphatic rings. The second-order valence-electron chi connectivity index (χ2n) is 49.4. The van der Waals surface area contributed by atoms with Crippen LogP contribution in [0.3, 0.4) is 0 Å². The molecule has 0 aliphatic heterocycles. The summed E-state index contributed by atoms with van der Waals surface area (Å²) in [5, 5.41) is 0. The molecule has 0 amide bonds. The lowest BCUT2D eigenvalue weighted by Crippen LogP contribution is -2.59. The molecule has 24 bridgehead atoms. The number of ether oxygens (including phenoxy) is 14. The van der Waals surface area contributed by atoms with Gasteiger partial charge in [0.25, 0.3) is 0 Å². The third-order valence-electron chi connectivity index (χ3n) is 38.0. The van der Waals surface area contributed by atoms with Gasteiger partial charge in [-0.2, -0.15) is 0 Å². The highest BCUT2D eigenvalue weighted by atomic mass is 16.7. The summed E-state index contributed by atoms with van der Waals surface area (Å²) in [7, 11) is 0. The molecule has 0 radical (unpaired) electrons. The van der Waals surface area contributed by atoms with Crippen molar-refractivity contribution in [2.24, 2.45) is 169 Å². The Morgan fingerprint density at radius 1 is 0.270 bits per heavy atom. The summed E-state index contributed by atoms with van der Waals surface area (Å²) in [5.74, 6) is 14.4. The van der Waals surface area contributed by atoms with Crippen molar-refractivity contribution < 1.29 is 109 Å². The molecule has 23 heteroatoms. The summed E-state index contributed by atoms with van der Waals surface area (Å²) >= 11 is 0. The Morgan fingerprint density at radius 3 is 0.784 bits per heavy atom. The van der Waals surface area contributed by atoms with Crippen molar-refractivity contribution in [1.29, 1.82) is 0 Å². The minimum Gasteiger partial charge on any atom is -0.438 e. The molecule has 24 fully saturated rings. The van der Waals surface area contributed by atoms with E-state index in [2.05, 4.69) is 0 Å². The van der Waals surface area contributed by atoms with E-state index < -0.39 is 27.4 Å². The zero-order valence-corrected chi connectivity index (χ0v) is 86.0. The predicted octanol–water partition coefficient (Wildman–Crippen LogP) is 31.9. The van der Waals surface area contributed by atoms with Crippen molar-refractivity contribution in [3.8, 4) is 0 Å². The van der Waals surface area contributed by atoms with Crippen LogP contribution in [0.15, 0.2) is 0 Å². The van der Waals surface area contributed by atoms with Gasteiger partial charge >= 0.3 is 41.8 Å². The van der Waals surface area contributed by atoms with E-state index >= 15 is 0 Å². The fraction of sp³-hybridized carbons (Fsp3) is 0.928. The molecular formula is C125H236O23. The second-order valence-corrected chi connectivity index (χ2v) is 49.4. The zero-order chi connectivity index (χ0) is 96.2. The van der Waals surface area contributed by atoms with Gasteiger partial charge in [-0.1, -0.05) is 180 Å². The molecular weight excluding hydrogens is 1870 g/mol. The quantitative estimate of drug-likeness (QED) is 0.0242. The number of hydrogen-bond donors (Lipinski definition) is 0. The van der Waals surface area contributed by atoms with Crippen molar-refractivity contribution in [2.75, 3.05) is 60.8 Å². The number of ketones is 2. The maximum absolute atomic E-state index is 12.6. The fourth-order valence-electron chi connectivity index (χ4n) is 29.5. The molecule has 0 aromatic rings. The van der Waals surface area contributed by atoms with E-state index in [-0.39, 0.29) is 240 Å². The van der Waals surface area contributed by atoms with Crippen molar-refractivity contribution >= 4 is 53.4 Å². The zero-order valence-electron chi connectivity index (χ0n) is 86.0. The van der Waals surface area contributed by atoms with E-state index in [1.165, 1.54) is 173 Å². The maximum Gasteiger partial charge on any atom is 0.313 e. The van der Waals surface area contributed by atoms with E-state index in [0.29, 0.717) is 52.8 Å². The summed E-state index contributed by atoms with van der Waals surface area (Å²) in [6, 6.07) is 0. The topological polar surface area (TPSA) is 283 Å². The average Bonchev–Trinajstić information content (AvgIpc) is 0.798. The third-order valence-corrected chi connectivity index (χ3v) is 38.0. The first-order chi connectivity index (χ1) is 63.8. The average molecular weight is 2110 g/mol. The van der Waals surface area contributed by atoms with E-state index in [0.717, 1.165) is 192 Å². The molecule has 24 rings (SSSR count). The van der Waals surface area contributed by atoms with Crippen LogP contribution in [0.4, 0.5) is 0 Å². The van der Waals surface area contributed by atoms with Crippen LogP contribution >= 0.6 is 0 Å². The largest absolute Gasteiger partial charge is 0.438 e. The Morgan fingerprint density at radius 2 is 0.507 bits per heavy atom. The second kappa shape index (κ2) is 64.3. The van der Waals surface area contributed by atoms with Crippen molar-refractivity contribution in [3.05, 3.63) is 0 Å². The molecule has 874 valence electrons. The van der Waals surface area contributed by atoms with Gasteiger partial charge in [-0.25, -0.2) is 0 Å². The number of rotatable bonds is 37. The minimum absolute atomic E-state index is 0. The first-order valence-corrected chi connectivity index (χ1v) is 54.4. The summed E-state index contributed by atoms with van der Waals surface area (Å²) in [6.45, 7) is 35.0. The highest BCUT2D eigenvalue weighted by molar-refractivity contribution is 5.92. The van der Waals surface area contributed by atoms with Gasteiger partial charge < -0.3 is 66.3 Å². The number of carbonyl (C=O) groups excluding carboxylic acids is 9. The lowest BCUT2D eigenvalue weighted by molar-refractivity contribution is -0.211. The lowest BCUT2D eigenvalue weighted by Gasteiger charge is -2.56. The van der Waals surface area contributed by atoms with Gasteiger partial charge in [0.15, 0.2) is 59.1 Å². The van der Waals surface area contributed by atoms with Gasteiger partial charge in [0, 0.05) is 11.8 Å². The summed E-state index contributed by atoms with van der Waals surface area (Å²) in [5.41, 5.74) is -1.74. The normalized spacial score (nSPS) is 34.1. The predicted molar refractivity (Wildman–Crippen MR) is 601 cm³/mol. The van der Waals surface area contributed by atoms with Crippen LogP contribution in [0.5, 0.6) is 0 Å². The summed E-state index contributed by atoms with van der Waals surface area (Å²) in [6.07, 6.45) is 50.6. The Bertz CT molecular complexity index is 3740. The van der Waals surface area contributed by atoms with Crippen LogP contribution in [-0.4, -0.2) is 144 Å². The van der Waals surface area contributed by atoms with E-state index in [4.69, 9.17) is 66.3 Å². The molecule has 148 heavy (non-hydrogen) atoms. The highest BCUT2D eigenvalue weighted by Crippen LogP contribution is 2.63. The lowest BCUT2D eigenvalue weighted by atomic mass is 9.50. The van der Waals surface area contributed by atoms with E-state index in [1.54, 1.807) is 0 Å². The van der Waals surface area contributed by atoms with Crippen molar-refractivity contribution in [3.63, 3.8) is 0 Å². The molecule has 0 aromatic heterocycles. The highest BCUT2D eigenvalue weighted by Gasteiger charge is 2.61. The Kier molecular flexibility index (Phi) is 63.1. The molecule has 0 N–H and O–H groups in total. The van der Waals surface area contributed by atoms with Crippen LogP contribution < -0.4 is 0 Å². The minimum atomic E-state index is -0.647. The Hall–Kier alpha value is -4.65. The standard InChI is InChI=1S/C18H30O3.C17H26O4.C17H28O3.C16H24O4.C16H26O3.C14H24O3.C13H22O3.14CH4/c1-4-17(2,3)16(19)21-12-20-11-18-8-13-5-14(9-18)7-15(6-13)10-18;1-4-16(2,3)15(19)20-10-21-17-8-11-5-12(9-17)7-13(6-11)14(17)18;1-3-12(2)16(18)20-11-19-10-17-7-13-4-14(8-17)6-15(5-13)9-17;1-3-10(2)15(18)19-9-20-16-7-11-4-12(8-16)6-13(5-11)14(16)17;1-3-10(2)16(17)19-9-18-15-13-5-11-4-12(7-13)8-14(15)6-11;1-4-14(2,3)13(15)17-9-16-12-8-10-5-6-11(12)7-10;1-3-9(2)13(14)16-8-15-12-7-10-4-5-11(12)6-10;;;;;;;;;;;;;;/h13-15H,4-12H2,1-3H3;11-13H,4-10H2,1-3H3;12-15H,3-11H2,1-2H3;10-13H,3-9H2,1-2H3;10-15H,3-9H2,1-2H3;10-12H,4-9H2,1-3H3;9-12H,3-8H2,1-2H3;14*1H4. The number of carbonyl (C=O) groups is 9. The Balaban J connectivity index is 0. The molecule has 14 atom stereocenters. The molecule has 0 saturated heterocycles.